The van der Waals surface area contributed by atoms with E-state index in [1.165, 1.54) is 16.3 Å². The molecule has 2 rings (SSSR count). The summed E-state index contributed by atoms with van der Waals surface area (Å²) in [5.41, 5.74) is 1.35. The van der Waals surface area contributed by atoms with Crippen molar-refractivity contribution in [1.29, 1.82) is 0 Å². The standard InChI is InChI=1S/C15H17N/c1-3-7-15(16-2)14-11-6-9-12-8-4-5-10-13(12)14/h3-6,8-11,15-16H,1,7H2,2H3. The fourth-order valence-corrected chi connectivity index (χ4v) is 2.12. The van der Waals surface area contributed by atoms with Crippen molar-refractivity contribution in [3.8, 4) is 0 Å². The number of fused-ring (bicyclic) bond motifs is 1. The summed E-state index contributed by atoms with van der Waals surface area (Å²) in [6, 6.07) is 15.3. The average Bonchev–Trinajstić information content (AvgIpc) is 2.35. The molecule has 1 heteroatoms. The van der Waals surface area contributed by atoms with Crippen molar-refractivity contribution in [3.63, 3.8) is 0 Å². The Morgan fingerprint density at radius 2 is 1.94 bits per heavy atom. The lowest BCUT2D eigenvalue weighted by molar-refractivity contribution is 0.608. The normalized spacial score (nSPS) is 12.6. The third-order valence-electron chi connectivity index (χ3n) is 2.95. The molecule has 0 aliphatic carbocycles. The summed E-state index contributed by atoms with van der Waals surface area (Å²) in [4.78, 5) is 0. The van der Waals surface area contributed by atoms with Crippen molar-refractivity contribution >= 4 is 10.8 Å². The second-order valence-electron chi connectivity index (χ2n) is 3.93. The molecule has 0 bridgehead atoms. The summed E-state index contributed by atoms with van der Waals surface area (Å²) >= 11 is 0. The predicted molar refractivity (Wildman–Crippen MR) is 70.6 cm³/mol. The maximum Gasteiger partial charge on any atom is 0.0358 e. The molecule has 0 aliphatic rings. The third kappa shape index (κ3) is 2.00. The van der Waals surface area contributed by atoms with Gasteiger partial charge < -0.3 is 5.32 Å². The minimum Gasteiger partial charge on any atom is -0.313 e. The Hall–Kier alpha value is -1.60. The van der Waals surface area contributed by atoms with E-state index in [0.717, 1.165) is 6.42 Å². The van der Waals surface area contributed by atoms with E-state index in [1.807, 2.05) is 13.1 Å². The zero-order valence-corrected chi connectivity index (χ0v) is 9.61. The fourth-order valence-electron chi connectivity index (χ4n) is 2.12. The van der Waals surface area contributed by atoms with E-state index in [0.29, 0.717) is 6.04 Å². The molecule has 82 valence electrons. The van der Waals surface area contributed by atoms with Crippen LogP contribution in [-0.4, -0.2) is 7.05 Å². The monoisotopic (exact) mass is 211 g/mol. The van der Waals surface area contributed by atoms with Crippen LogP contribution in [0.1, 0.15) is 18.0 Å². The minimum absolute atomic E-state index is 0.351. The summed E-state index contributed by atoms with van der Waals surface area (Å²) in [7, 11) is 2.00. The maximum atomic E-state index is 3.81. The first-order chi connectivity index (χ1) is 7.86. The number of benzene rings is 2. The second-order valence-corrected chi connectivity index (χ2v) is 3.93. The summed E-state index contributed by atoms with van der Waals surface area (Å²) < 4.78 is 0. The number of hydrogen-bond acceptors (Lipinski definition) is 1. The lowest BCUT2D eigenvalue weighted by Gasteiger charge is -2.16. The number of rotatable bonds is 4. The van der Waals surface area contributed by atoms with Crippen LogP contribution < -0.4 is 5.32 Å². The van der Waals surface area contributed by atoms with Crippen molar-refractivity contribution in [2.45, 2.75) is 12.5 Å². The van der Waals surface area contributed by atoms with Gasteiger partial charge in [-0.3, -0.25) is 0 Å². The molecule has 1 nitrogen and oxygen atoms in total. The van der Waals surface area contributed by atoms with Crippen molar-refractivity contribution < 1.29 is 0 Å². The van der Waals surface area contributed by atoms with Crippen molar-refractivity contribution in [1.82, 2.24) is 5.32 Å². The van der Waals surface area contributed by atoms with Crippen molar-refractivity contribution in [2.75, 3.05) is 7.05 Å². The Kier molecular flexibility index (Phi) is 3.37. The third-order valence-corrected chi connectivity index (χ3v) is 2.95. The summed E-state index contributed by atoms with van der Waals surface area (Å²) in [5, 5.41) is 5.96. The molecule has 0 fully saturated rings. The lowest BCUT2D eigenvalue weighted by atomic mass is 9.97. The van der Waals surface area contributed by atoms with Crippen LogP contribution in [0, 0.1) is 0 Å². The molecule has 1 atom stereocenters. The Balaban J connectivity index is 2.54. The van der Waals surface area contributed by atoms with Gasteiger partial charge in [0, 0.05) is 6.04 Å². The molecule has 16 heavy (non-hydrogen) atoms. The van der Waals surface area contributed by atoms with Crippen LogP contribution in [0.5, 0.6) is 0 Å². The molecule has 0 saturated carbocycles. The van der Waals surface area contributed by atoms with Crippen LogP contribution in [0.25, 0.3) is 10.8 Å². The van der Waals surface area contributed by atoms with E-state index in [-0.39, 0.29) is 0 Å². The molecule has 0 saturated heterocycles. The Bertz CT molecular complexity index is 482. The fraction of sp³-hybridized carbons (Fsp3) is 0.200. The molecule has 0 amide bonds. The number of hydrogen-bond donors (Lipinski definition) is 1. The minimum atomic E-state index is 0.351. The highest BCUT2D eigenvalue weighted by Gasteiger charge is 2.09. The van der Waals surface area contributed by atoms with Crippen LogP contribution >= 0.6 is 0 Å². The van der Waals surface area contributed by atoms with Crippen LogP contribution in [0.4, 0.5) is 0 Å². The molecule has 0 spiro atoms. The Labute approximate surface area is 96.8 Å². The Morgan fingerprint density at radius 3 is 2.69 bits per heavy atom. The summed E-state index contributed by atoms with van der Waals surface area (Å²) in [6.07, 6.45) is 2.91. The van der Waals surface area contributed by atoms with Gasteiger partial charge in [-0.05, 0) is 29.8 Å². The highest BCUT2D eigenvalue weighted by atomic mass is 14.9. The van der Waals surface area contributed by atoms with Gasteiger partial charge in [0.1, 0.15) is 0 Å². The molecule has 0 radical (unpaired) electrons. The van der Waals surface area contributed by atoms with Crippen molar-refractivity contribution in [2.24, 2.45) is 0 Å². The largest absolute Gasteiger partial charge is 0.313 e. The average molecular weight is 211 g/mol. The van der Waals surface area contributed by atoms with Gasteiger partial charge in [0.2, 0.25) is 0 Å². The lowest BCUT2D eigenvalue weighted by Crippen LogP contribution is -2.15. The first-order valence-corrected chi connectivity index (χ1v) is 5.62. The van der Waals surface area contributed by atoms with Gasteiger partial charge in [0.25, 0.3) is 0 Å². The zero-order chi connectivity index (χ0) is 11.4. The first-order valence-electron chi connectivity index (χ1n) is 5.62. The topological polar surface area (TPSA) is 12.0 Å². The van der Waals surface area contributed by atoms with Crippen LogP contribution in [-0.2, 0) is 0 Å². The molecule has 0 heterocycles. The highest BCUT2D eigenvalue weighted by Crippen LogP contribution is 2.26. The van der Waals surface area contributed by atoms with Gasteiger partial charge in [-0.2, -0.15) is 0 Å². The van der Waals surface area contributed by atoms with Gasteiger partial charge in [-0.15, -0.1) is 6.58 Å². The quantitative estimate of drug-likeness (QED) is 0.761. The molecule has 1 unspecified atom stereocenters. The molecule has 0 aliphatic heterocycles. The van der Waals surface area contributed by atoms with E-state index in [4.69, 9.17) is 0 Å². The predicted octanol–water partition coefficient (Wildman–Crippen LogP) is 3.68. The van der Waals surface area contributed by atoms with E-state index < -0.39 is 0 Å². The van der Waals surface area contributed by atoms with Gasteiger partial charge >= 0.3 is 0 Å². The van der Waals surface area contributed by atoms with E-state index >= 15 is 0 Å². The first kappa shape index (κ1) is 10.9. The summed E-state index contributed by atoms with van der Waals surface area (Å²) in [5.74, 6) is 0. The highest BCUT2D eigenvalue weighted by molar-refractivity contribution is 5.86. The molecule has 0 aromatic heterocycles. The van der Waals surface area contributed by atoms with Crippen molar-refractivity contribution in [3.05, 3.63) is 60.7 Å². The number of nitrogens with one attached hydrogen (secondary N) is 1. The van der Waals surface area contributed by atoms with Crippen LogP contribution in [0.15, 0.2) is 55.1 Å². The molecule has 1 N–H and O–H groups in total. The van der Waals surface area contributed by atoms with Crippen LogP contribution in [0.2, 0.25) is 0 Å². The molecule has 2 aromatic carbocycles. The Morgan fingerprint density at radius 1 is 1.19 bits per heavy atom. The van der Waals surface area contributed by atoms with E-state index in [1.54, 1.807) is 0 Å². The molecular formula is C15H17N. The zero-order valence-electron chi connectivity index (χ0n) is 9.61. The molecule has 2 aromatic rings. The smallest absolute Gasteiger partial charge is 0.0358 e. The molecular weight excluding hydrogens is 194 g/mol. The van der Waals surface area contributed by atoms with Gasteiger partial charge in [0.15, 0.2) is 0 Å². The van der Waals surface area contributed by atoms with Gasteiger partial charge in [-0.25, -0.2) is 0 Å². The van der Waals surface area contributed by atoms with Gasteiger partial charge in [0.05, 0.1) is 0 Å². The van der Waals surface area contributed by atoms with Gasteiger partial charge in [-0.1, -0.05) is 48.5 Å². The van der Waals surface area contributed by atoms with E-state index in [9.17, 15) is 0 Å². The maximum absolute atomic E-state index is 3.81. The van der Waals surface area contributed by atoms with E-state index in [2.05, 4.69) is 54.4 Å². The summed E-state index contributed by atoms with van der Waals surface area (Å²) in [6.45, 7) is 3.81. The second kappa shape index (κ2) is 4.95. The van der Waals surface area contributed by atoms with Crippen LogP contribution in [0.3, 0.4) is 0 Å². The SMILES string of the molecule is C=CCC(NC)c1cccc2ccccc12.